The van der Waals surface area contributed by atoms with Crippen LogP contribution in [-0.2, 0) is 10.1 Å². The van der Waals surface area contributed by atoms with Gasteiger partial charge in [-0.1, -0.05) is 41.1 Å². The molecule has 2 heterocycles. The molecule has 21 heavy (non-hydrogen) atoms. The molecule has 0 spiro atoms. The number of piperidine rings is 1. The fourth-order valence-electron chi connectivity index (χ4n) is 3.05. The molecule has 2 unspecified atom stereocenters. The van der Waals surface area contributed by atoms with Crippen LogP contribution in [0.2, 0.25) is 0 Å². The van der Waals surface area contributed by atoms with Crippen LogP contribution in [0.25, 0.3) is 10.9 Å². The molecular formula is C17H21BrN2O. The Kier molecular flexibility index (Phi) is 4.45. The van der Waals surface area contributed by atoms with E-state index in [9.17, 15) is 0 Å². The quantitative estimate of drug-likeness (QED) is 0.784. The van der Waals surface area contributed by atoms with Crippen molar-refractivity contribution in [3.63, 3.8) is 0 Å². The Labute approximate surface area is 134 Å². The van der Waals surface area contributed by atoms with Crippen molar-refractivity contribution in [2.45, 2.75) is 24.8 Å². The lowest BCUT2D eigenvalue weighted by Gasteiger charge is -2.37. The molecule has 1 aromatic heterocycles. The predicted octanol–water partition coefficient (Wildman–Crippen LogP) is 3.99. The summed E-state index contributed by atoms with van der Waals surface area (Å²) in [7, 11) is 1.81. The van der Waals surface area contributed by atoms with Crippen LogP contribution >= 0.6 is 15.9 Å². The van der Waals surface area contributed by atoms with Gasteiger partial charge in [0.15, 0.2) is 0 Å². The first kappa shape index (κ1) is 14.8. The molecule has 0 bridgehead atoms. The maximum Gasteiger partial charge on any atom is 0.133 e. The number of halogens is 1. The number of rotatable bonds is 3. The standard InChI is InChI=1S/C17H21BrN2O/c1-12-7-8-20(11-16(12)21-2)17-14(10-18)9-13-5-3-4-6-15(13)19-17/h3-6,9,12,16H,7-8,10-11H2,1-2H3. The molecule has 0 saturated carbocycles. The van der Waals surface area contributed by atoms with Gasteiger partial charge in [0.25, 0.3) is 0 Å². The Bertz CT molecular complexity index is 631. The third-order valence-corrected chi connectivity index (χ3v) is 5.02. The van der Waals surface area contributed by atoms with Crippen LogP contribution in [0, 0.1) is 5.92 Å². The molecule has 1 saturated heterocycles. The second-order valence-electron chi connectivity index (χ2n) is 5.78. The maximum atomic E-state index is 5.63. The van der Waals surface area contributed by atoms with E-state index in [1.54, 1.807) is 0 Å². The normalized spacial score (nSPS) is 22.7. The minimum Gasteiger partial charge on any atom is -0.379 e. The number of hydrogen-bond acceptors (Lipinski definition) is 3. The molecular weight excluding hydrogens is 328 g/mol. The van der Waals surface area contributed by atoms with Gasteiger partial charge >= 0.3 is 0 Å². The zero-order valence-corrected chi connectivity index (χ0v) is 14.1. The first-order chi connectivity index (χ1) is 10.2. The molecule has 112 valence electrons. The van der Waals surface area contributed by atoms with Crippen molar-refractivity contribution in [2.75, 3.05) is 25.1 Å². The minimum absolute atomic E-state index is 0.287. The molecule has 1 aliphatic rings. The molecule has 3 rings (SSSR count). The van der Waals surface area contributed by atoms with E-state index in [1.165, 1.54) is 10.9 Å². The molecule has 4 heteroatoms. The number of methoxy groups -OCH3 is 1. The van der Waals surface area contributed by atoms with E-state index in [0.717, 1.165) is 36.2 Å². The number of ether oxygens (including phenoxy) is 1. The molecule has 0 amide bonds. The highest BCUT2D eigenvalue weighted by atomic mass is 79.9. The van der Waals surface area contributed by atoms with Gasteiger partial charge in [0.05, 0.1) is 11.6 Å². The fourth-order valence-corrected chi connectivity index (χ4v) is 3.47. The molecule has 0 N–H and O–H groups in total. The number of aromatic nitrogens is 1. The van der Waals surface area contributed by atoms with E-state index in [1.807, 2.05) is 13.2 Å². The second-order valence-corrected chi connectivity index (χ2v) is 6.34. The number of benzene rings is 1. The van der Waals surface area contributed by atoms with E-state index in [-0.39, 0.29) is 6.10 Å². The summed E-state index contributed by atoms with van der Waals surface area (Å²) in [5.74, 6) is 1.71. The lowest BCUT2D eigenvalue weighted by atomic mass is 9.95. The molecule has 1 fully saturated rings. The summed E-state index contributed by atoms with van der Waals surface area (Å²) in [4.78, 5) is 7.28. The number of hydrogen-bond donors (Lipinski definition) is 0. The molecule has 3 nitrogen and oxygen atoms in total. The SMILES string of the molecule is COC1CN(c2nc3ccccc3cc2CBr)CCC1C. The highest BCUT2D eigenvalue weighted by Gasteiger charge is 2.27. The number of fused-ring (bicyclic) bond motifs is 1. The van der Waals surface area contributed by atoms with Gasteiger partial charge in [0, 0.05) is 36.5 Å². The molecule has 0 radical (unpaired) electrons. The summed E-state index contributed by atoms with van der Waals surface area (Å²) < 4.78 is 5.63. The van der Waals surface area contributed by atoms with Gasteiger partial charge in [-0.05, 0) is 24.5 Å². The zero-order valence-electron chi connectivity index (χ0n) is 12.6. The Hall–Kier alpha value is -1.13. The Balaban J connectivity index is 1.98. The Morgan fingerprint density at radius 1 is 1.38 bits per heavy atom. The largest absolute Gasteiger partial charge is 0.379 e. The second kappa shape index (κ2) is 6.32. The van der Waals surface area contributed by atoms with Gasteiger partial charge in [-0.15, -0.1) is 0 Å². The number of nitrogens with zero attached hydrogens (tertiary/aromatic N) is 2. The summed E-state index contributed by atoms with van der Waals surface area (Å²) in [5.41, 5.74) is 2.31. The average molecular weight is 349 g/mol. The summed E-state index contributed by atoms with van der Waals surface area (Å²) >= 11 is 3.61. The topological polar surface area (TPSA) is 25.4 Å². The summed E-state index contributed by atoms with van der Waals surface area (Å²) in [6, 6.07) is 10.5. The number of anilines is 1. The highest BCUT2D eigenvalue weighted by Crippen LogP contribution is 2.29. The fraction of sp³-hybridized carbons (Fsp3) is 0.471. The van der Waals surface area contributed by atoms with Crippen LogP contribution in [-0.4, -0.2) is 31.3 Å². The maximum absolute atomic E-state index is 5.63. The number of para-hydroxylation sites is 1. The third kappa shape index (κ3) is 2.92. The van der Waals surface area contributed by atoms with Crippen LogP contribution in [0.15, 0.2) is 30.3 Å². The lowest BCUT2D eigenvalue weighted by molar-refractivity contribution is 0.0496. The summed E-state index contributed by atoms with van der Waals surface area (Å²) in [5, 5.41) is 2.02. The van der Waals surface area contributed by atoms with Gasteiger partial charge < -0.3 is 9.64 Å². The highest BCUT2D eigenvalue weighted by molar-refractivity contribution is 9.08. The first-order valence-electron chi connectivity index (χ1n) is 7.45. The molecule has 2 aromatic rings. The van der Waals surface area contributed by atoms with Crippen LogP contribution in [0.4, 0.5) is 5.82 Å². The van der Waals surface area contributed by atoms with E-state index < -0.39 is 0 Å². The average Bonchev–Trinajstić information content (AvgIpc) is 2.54. The zero-order chi connectivity index (χ0) is 14.8. The van der Waals surface area contributed by atoms with E-state index in [2.05, 4.69) is 52.0 Å². The van der Waals surface area contributed by atoms with Crippen molar-refractivity contribution in [3.8, 4) is 0 Å². The number of pyridine rings is 1. The van der Waals surface area contributed by atoms with E-state index >= 15 is 0 Å². The van der Waals surface area contributed by atoms with Crippen molar-refractivity contribution in [1.82, 2.24) is 4.98 Å². The van der Waals surface area contributed by atoms with E-state index in [4.69, 9.17) is 9.72 Å². The first-order valence-corrected chi connectivity index (χ1v) is 8.57. The summed E-state index contributed by atoms with van der Waals surface area (Å²) in [6.45, 7) is 4.24. The summed E-state index contributed by atoms with van der Waals surface area (Å²) in [6.07, 6.45) is 1.43. The third-order valence-electron chi connectivity index (χ3n) is 4.42. The molecule has 2 atom stereocenters. The monoisotopic (exact) mass is 348 g/mol. The van der Waals surface area contributed by atoms with Crippen LogP contribution < -0.4 is 4.90 Å². The van der Waals surface area contributed by atoms with E-state index in [0.29, 0.717) is 5.92 Å². The molecule has 1 aliphatic heterocycles. The van der Waals surface area contributed by atoms with Crippen molar-refractivity contribution >= 4 is 32.7 Å². The van der Waals surface area contributed by atoms with Crippen molar-refractivity contribution < 1.29 is 4.74 Å². The minimum atomic E-state index is 0.287. The van der Waals surface area contributed by atoms with Gasteiger partial charge in [-0.2, -0.15) is 0 Å². The smallest absolute Gasteiger partial charge is 0.133 e. The Morgan fingerprint density at radius 3 is 2.95 bits per heavy atom. The van der Waals surface area contributed by atoms with Crippen LogP contribution in [0.1, 0.15) is 18.9 Å². The van der Waals surface area contributed by atoms with Crippen LogP contribution in [0.5, 0.6) is 0 Å². The van der Waals surface area contributed by atoms with Gasteiger partial charge in [-0.25, -0.2) is 4.98 Å². The van der Waals surface area contributed by atoms with Crippen molar-refractivity contribution in [1.29, 1.82) is 0 Å². The number of alkyl halides is 1. The van der Waals surface area contributed by atoms with Crippen molar-refractivity contribution in [2.24, 2.45) is 5.92 Å². The lowest BCUT2D eigenvalue weighted by Crippen LogP contribution is -2.44. The van der Waals surface area contributed by atoms with Crippen LogP contribution in [0.3, 0.4) is 0 Å². The molecule has 1 aromatic carbocycles. The predicted molar refractivity (Wildman–Crippen MR) is 91.2 cm³/mol. The van der Waals surface area contributed by atoms with Gasteiger partial charge in [0.1, 0.15) is 5.82 Å². The molecule has 0 aliphatic carbocycles. The van der Waals surface area contributed by atoms with Crippen molar-refractivity contribution in [3.05, 3.63) is 35.9 Å². The van der Waals surface area contributed by atoms with Gasteiger partial charge in [0.2, 0.25) is 0 Å². The Morgan fingerprint density at radius 2 is 2.19 bits per heavy atom. The van der Waals surface area contributed by atoms with Gasteiger partial charge in [-0.3, -0.25) is 0 Å².